The van der Waals surface area contributed by atoms with E-state index in [0.29, 0.717) is 25.0 Å². The first-order valence-electron chi connectivity index (χ1n) is 10.3. The molecule has 1 aromatic carbocycles. The molecule has 2 aromatic heterocycles. The van der Waals surface area contributed by atoms with Crippen molar-refractivity contribution in [3.8, 4) is 11.1 Å². The van der Waals surface area contributed by atoms with Crippen LogP contribution < -0.4 is 5.32 Å². The molecule has 158 valence electrons. The monoisotopic (exact) mass is 427 g/mol. The molecular formula is C21H25N5O3S. The summed E-state index contributed by atoms with van der Waals surface area (Å²) in [5.41, 5.74) is 3.89. The molecule has 0 bridgehead atoms. The lowest BCUT2D eigenvalue weighted by Crippen LogP contribution is -2.39. The average Bonchev–Trinajstić information content (AvgIpc) is 3.50. The zero-order valence-electron chi connectivity index (χ0n) is 16.6. The van der Waals surface area contributed by atoms with Gasteiger partial charge in [-0.05, 0) is 36.1 Å². The van der Waals surface area contributed by atoms with Gasteiger partial charge < -0.3 is 10.4 Å². The Kier molecular flexibility index (Phi) is 4.96. The Labute approximate surface area is 175 Å². The summed E-state index contributed by atoms with van der Waals surface area (Å²) < 4.78 is 24.9. The maximum Gasteiger partial charge on any atom is 0.245 e. The van der Waals surface area contributed by atoms with Crippen LogP contribution in [0.2, 0.25) is 0 Å². The number of rotatable bonds is 6. The van der Waals surface area contributed by atoms with Crippen molar-refractivity contribution in [1.82, 2.24) is 19.5 Å². The minimum absolute atomic E-state index is 0.242. The van der Waals surface area contributed by atoms with E-state index in [0.717, 1.165) is 41.7 Å². The summed E-state index contributed by atoms with van der Waals surface area (Å²) in [5.74, 6) is 1.21. The van der Waals surface area contributed by atoms with Gasteiger partial charge in [-0.3, -0.25) is 4.90 Å². The highest BCUT2D eigenvalue weighted by molar-refractivity contribution is 7.91. The van der Waals surface area contributed by atoms with Crippen molar-refractivity contribution < 1.29 is 13.5 Å². The minimum Gasteiger partial charge on any atom is -0.373 e. The Morgan fingerprint density at radius 3 is 2.57 bits per heavy atom. The second-order valence-electron chi connectivity index (χ2n) is 8.18. The molecule has 5 rings (SSSR count). The van der Waals surface area contributed by atoms with Crippen LogP contribution in [0.15, 0.2) is 42.6 Å². The number of benzene rings is 1. The first kappa shape index (κ1) is 19.5. The van der Waals surface area contributed by atoms with E-state index in [2.05, 4.69) is 44.6 Å². The van der Waals surface area contributed by atoms with Crippen molar-refractivity contribution in [2.24, 2.45) is 5.92 Å². The van der Waals surface area contributed by atoms with Gasteiger partial charge in [-0.15, -0.1) is 5.10 Å². The van der Waals surface area contributed by atoms with Crippen molar-refractivity contribution in [3.05, 3.63) is 48.2 Å². The predicted octanol–water partition coefficient (Wildman–Crippen LogP) is 1.77. The summed E-state index contributed by atoms with van der Waals surface area (Å²) in [6.07, 6.45) is 3.31. The third kappa shape index (κ3) is 4.19. The molecule has 0 spiro atoms. The quantitative estimate of drug-likeness (QED) is 0.578. The van der Waals surface area contributed by atoms with Crippen LogP contribution in [-0.4, -0.2) is 63.8 Å². The Morgan fingerprint density at radius 2 is 1.87 bits per heavy atom. The number of anilines is 1. The topological polar surface area (TPSA) is 99.8 Å². The predicted molar refractivity (Wildman–Crippen MR) is 115 cm³/mol. The Hall–Kier alpha value is -2.49. The fraction of sp³-hybridized carbons (Fsp3) is 0.429. The number of aromatic nitrogens is 3. The first-order chi connectivity index (χ1) is 14.5. The fourth-order valence-electron chi connectivity index (χ4n) is 3.81. The summed E-state index contributed by atoms with van der Waals surface area (Å²) in [5, 5.41) is 17.5. The van der Waals surface area contributed by atoms with Gasteiger partial charge in [-0.25, -0.2) is 12.9 Å². The third-order valence-electron chi connectivity index (χ3n) is 5.82. The second-order valence-corrected chi connectivity index (χ2v) is 10.5. The van der Waals surface area contributed by atoms with Gasteiger partial charge in [0.25, 0.3) is 0 Å². The molecule has 9 heteroatoms. The molecule has 30 heavy (non-hydrogen) atoms. The molecule has 0 radical (unpaired) electrons. The molecule has 3 aromatic rings. The van der Waals surface area contributed by atoms with Gasteiger partial charge in [0.05, 0.1) is 11.5 Å². The van der Waals surface area contributed by atoms with Crippen LogP contribution in [0.4, 0.5) is 5.95 Å². The fourth-order valence-corrected chi connectivity index (χ4v) is 5.09. The molecule has 3 heterocycles. The molecule has 1 aliphatic heterocycles. The highest BCUT2D eigenvalue weighted by Crippen LogP contribution is 2.33. The number of pyridine rings is 1. The molecule has 1 saturated carbocycles. The molecule has 1 aliphatic carbocycles. The van der Waals surface area contributed by atoms with Crippen LogP contribution in [0.3, 0.4) is 0 Å². The van der Waals surface area contributed by atoms with Gasteiger partial charge in [-0.1, -0.05) is 24.3 Å². The Bertz CT molecular complexity index is 1140. The zero-order chi connectivity index (χ0) is 20.7. The minimum atomic E-state index is -2.86. The summed E-state index contributed by atoms with van der Waals surface area (Å²) >= 11 is 0. The van der Waals surface area contributed by atoms with Crippen LogP contribution >= 0.6 is 0 Å². The van der Waals surface area contributed by atoms with Crippen LogP contribution in [0.5, 0.6) is 0 Å². The number of hydrogen-bond donors (Lipinski definition) is 2. The smallest absolute Gasteiger partial charge is 0.245 e. The van der Waals surface area contributed by atoms with E-state index >= 15 is 0 Å². The van der Waals surface area contributed by atoms with Gasteiger partial charge in [0, 0.05) is 37.3 Å². The van der Waals surface area contributed by atoms with Crippen molar-refractivity contribution in [1.29, 1.82) is 0 Å². The summed E-state index contributed by atoms with van der Waals surface area (Å²) in [4.78, 5) is 6.76. The molecule has 2 aliphatic rings. The number of sulfone groups is 1. The van der Waals surface area contributed by atoms with Crippen molar-refractivity contribution in [2.75, 3.05) is 29.9 Å². The number of nitrogens with zero attached hydrogens (tertiary/aromatic N) is 4. The van der Waals surface area contributed by atoms with Crippen LogP contribution in [0.1, 0.15) is 18.4 Å². The molecule has 0 amide bonds. The van der Waals surface area contributed by atoms with Crippen LogP contribution in [0, 0.1) is 5.92 Å². The largest absolute Gasteiger partial charge is 0.373 e. The van der Waals surface area contributed by atoms with Gasteiger partial charge in [-0.2, -0.15) is 4.98 Å². The molecule has 1 unspecified atom stereocenters. The SMILES string of the molecule is O=S1(=O)CCN(Cc2ccc(-c3cccn4nc(NC(O)C5CC5)nc34)cc2)CC1. The molecular weight excluding hydrogens is 402 g/mol. The van der Waals surface area contributed by atoms with Gasteiger partial charge in [0.2, 0.25) is 5.95 Å². The summed E-state index contributed by atoms with van der Waals surface area (Å²) in [7, 11) is -2.86. The Morgan fingerprint density at radius 1 is 1.13 bits per heavy atom. The maximum atomic E-state index is 11.6. The van der Waals surface area contributed by atoms with Gasteiger partial charge >= 0.3 is 0 Å². The van der Waals surface area contributed by atoms with Crippen molar-refractivity contribution >= 4 is 21.4 Å². The highest BCUT2D eigenvalue weighted by Gasteiger charge is 2.30. The van der Waals surface area contributed by atoms with E-state index in [1.807, 2.05) is 18.3 Å². The summed E-state index contributed by atoms with van der Waals surface area (Å²) in [6, 6.07) is 12.2. The van der Waals surface area contributed by atoms with Crippen LogP contribution in [-0.2, 0) is 16.4 Å². The maximum absolute atomic E-state index is 11.6. The molecule has 2 N–H and O–H groups in total. The number of aliphatic hydroxyl groups excluding tert-OH is 1. The standard InChI is InChI=1S/C21H25N5O3S/c27-20(17-7-8-17)23-21-22-19-18(2-1-9-26(19)24-21)16-5-3-15(4-6-16)14-25-10-12-30(28,29)13-11-25/h1-6,9,17,20,27H,7-8,10-14H2,(H,23,24). The lowest BCUT2D eigenvalue weighted by molar-refractivity contribution is 0.179. The lowest BCUT2D eigenvalue weighted by atomic mass is 10.0. The molecule has 1 saturated heterocycles. The van der Waals surface area contributed by atoms with E-state index in [-0.39, 0.29) is 11.5 Å². The van der Waals surface area contributed by atoms with E-state index in [9.17, 15) is 13.5 Å². The number of nitrogens with one attached hydrogen (secondary N) is 1. The van der Waals surface area contributed by atoms with E-state index in [1.165, 1.54) is 0 Å². The van der Waals surface area contributed by atoms with E-state index in [4.69, 9.17) is 0 Å². The van der Waals surface area contributed by atoms with Crippen molar-refractivity contribution in [3.63, 3.8) is 0 Å². The van der Waals surface area contributed by atoms with Gasteiger partial charge in [0.15, 0.2) is 15.5 Å². The third-order valence-corrected chi connectivity index (χ3v) is 7.43. The zero-order valence-corrected chi connectivity index (χ0v) is 17.4. The van der Waals surface area contributed by atoms with Crippen molar-refractivity contribution in [2.45, 2.75) is 25.6 Å². The molecule has 2 fully saturated rings. The number of aliphatic hydroxyl groups is 1. The Balaban J connectivity index is 1.33. The van der Waals surface area contributed by atoms with E-state index < -0.39 is 16.1 Å². The summed E-state index contributed by atoms with van der Waals surface area (Å²) in [6.45, 7) is 1.93. The molecule has 1 atom stereocenters. The average molecular weight is 428 g/mol. The second kappa shape index (κ2) is 7.64. The number of hydrogen-bond acceptors (Lipinski definition) is 7. The number of fused-ring (bicyclic) bond motifs is 1. The first-order valence-corrected chi connectivity index (χ1v) is 12.1. The molecule has 8 nitrogen and oxygen atoms in total. The van der Waals surface area contributed by atoms with E-state index in [1.54, 1.807) is 4.52 Å². The highest BCUT2D eigenvalue weighted by atomic mass is 32.2. The lowest BCUT2D eigenvalue weighted by Gasteiger charge is -2.26. The van der Waals surface area contributed by atoms with Crippen LogP contribution in [0.25, 0.3) is 16.8 Å². The van der Waals surface area contributed by atoms with Gasteiger partial charge in [0.1, 0.15) is 6.23 Å². The normalized spacial score (nSPS) is 20.3.